The third-order valence-corrected chi connectivity index (χ3v) is 16.9. The Labute approximate surface area is 449 Å². The molecule has 1 amide bonds. The molecule has 9 heterocycles. The number of cyclic esters (lactones) is 1. The molecule has 5 aliphatic heterocycles. The van der Waals surface area contributed by atoms with Crippen LogP contribution in [0.5, 0.6) is 11.8 Å². The van der Waals surface area contributed by atoms with Gasteiger partial charge in [0.1, 0.15) is 36.1 Å². The number of alkyl halides is 3. The average molecular weight is 1090 g/mol. The standard InChI is InChI=1S/C56H56ClF4N9O8/c1-6-33-34-16-31(8-9-40(34)63-46-36(33)21-70-41(46)18-38-37(51(70)72)24-77-52(73)55(38,74)7-2)75-22-28(4)50(71)67-12-13-69(29(5)19-67)49-35-17-39(57)43(48-44(56(59,60)61)27(3)14-42(62)64-48)45(58)47(35)65-53(66-49)78-26-54(10-11-54)25-68-20-32-15-30(68)23-76-32/h8-9,14,16-18,29-30,32,74H,4,6-7,10-13,15,19-26H2,1-3,5H3,(H2,62,64). The maximum atomic E-state index is 17.3. The summed E-state index contributed by atoms with van der Waals surface area (Å²) in [5.74, 6) is -1.86. The van der Waals surface area contributed by atoms with Crippen LogP contribution in [0.15, 0.2) is 53.3 Å². The summed E-state index contributed by atoms with van der Waals surface area (Å²) in [7, 11) is 0. The number of aromatic nitrogens is 5. The van der Waals surface area contributed by atoms with Crippen molar-refractivity contribution in [3.8, 4) is 34.4 Å². The van der Waals surface area contributed by atoms with Gasteiger partial charge in [-0.1, -0.05) is 32.0 Å². The van der Waals surface area contributed by atoms with Gasteiger partial charge in [-0.3, -0.25) is 14.5 Å². The number of piperazine rings is 1. The number of halogens is 5. The zero-order chi connectivity index (χ0) is 54.9. The minimum atomic E-state index is -4.93. The molecule has 6 aliphatic rings. The summed E-state index contributed by atoms with van der Waals surface area (Å²) < 4.78 is 86.4. The Balaban J connectivity index is 0.785. The molecule has 1 saturated carbocycles. The van der Waals surface area contributed by atoms with Crippen LogP contribution in [-0.4, -0.2) is 122 Å². The van der Waals surface area contributed by atoms with Crippen LogP contribution in [0.2, 0.25) is 5.02 Å². The maximum absolute atomic E-state index is 17.3. The molecule has 78 heavy (non-hydrogen) atoms. The van der Waals surface area contributed by atoms with Crippen molar-refractivity contribution < 1.29 is 51.2 Å². The Morgan fingerprint density at radius 1 is 1.01 bits per heavy atom. The first kappa shape index (κ1) is 51.8. The van der Waals surface area contributed by atoms with Crippen molar-refractivity contribution in [1.29, 1.82) is 0 Å². The van der Waals surface area contributed by atoms with Gasteiger partial charge in [-0.25, -0.2) is 19.2 Å². The van der Waals surface area contributed by atoms with E-state index in [1.165, 1.54) is 13.0 Å². The normalized spacial score (nSPS) is 22.2. The highest BCUT2D eigenvalue weighted by Gasteiger charge is 2.50. The van der Waals surface area contributed by atoms with Crippen LogP contribution in [0.1, 0.15) is 79.8 Å². The average Bonchev–Trinajstić information content (AvgIpc) is 3.75. The van der Waals surface area contributed by atoms with E-state index in [2.05, 4.69) is 21.4 Å². The molecule has 4 aromatic heterocycles. The van der Waals surface area contributed by atoms with Gasteiger partial charge in [0.25, 0.3) is 11.5 Å². The first-order valence-corrected chi connectivity index (χ1v) is 26.6. The molecule has 0 radical (unpaired) electrons. The lowest BCUT2D eigenvalue weighted by atomic mass is 9.86. The van der Waals surface area contributed by atoms with Crippen LogP contribution in [0.4, 0.5) is 29.2 Å². The monoisotopic (exact) mass is 1090 g/mol. The molecule has 1 aliphatic carbocycles. The van der Waals surface area contributed by atoms with Gasteiger partial charge in [0.2, 0.25) is 0 Å². The lowest BCUT2D eigenvalue weighted by Gasteiger charge is -2.41. The van der Waals surface area contributed by atoms with Gasteiger partial charge in [-0.15, -0.1) is 0 Å². The predicted molar refractivity (Wildman–Crippen MR) is 281 cm³/mol. The summed E-state index contributed by atoms with van der Waals surface area (Å²) in [6.45, 7) is 13.8. The summed E-state index contributed by atoms with van der Waals surface area (Å²) in [5.41, 5.74) is 4.51. The molecule has 2 bridgehead atoms. The van der Waals surface area contributed by atoms with Gasteiger partial charge < -0.3 is 44.2 Å². The van der Waals surface area contributed by atoms with Crippen molar-refractivity contribution in [3.05, 3.63) is 103 Å². The molecule has 4 atom stereocenters. The number of esters is 1. The molecule has 4 fully saturated rings. The second-order valence-corrected chi connectivity index (χ2v) is 22.1. The largest absolute Gasteiger partial charge is 0.489 e. The number of amides is 1. The fourth-order valence-corrected chi connectivity index (χ4v) is 12.6. The van der Waals surface area contributed by atoms with E-state index < -0.39 is 46.4 Å². The van der Waals surface area contributed by atoms with E-state index in [4.69, 9.17) is 46.3 Å². The van der Waals surface area contributed by atoms with E-state index in [-0.39, 0.29) is 131 Å². The van der Waals surface area contributed by atoms with E-state index in [1.807, 2.05) is 24.8 Å². The Kier molecular flexibility index (Phi) is 12.5. The van der Waals surface area contributed by atoms with Gasteiger partial charge in [0.15, 0.2) is 11.4 Å². The fourth-order valence-electron chi connectivity index (χ4n) is 12.3. The number of aliphatic hydroxyl groups is 1. The lowest BCUT2D eigenvalue weighted by molar-refractivity contribution is -0.172. The molecule has 17 nitrogen and oxygen atoms in total. The van der Waals surface area contributed by atoms with Gasteiger partial charge in [-0.2, -0.15) is 23.1 Å². The number of nitrogens with zero attached hydrogens (tertiary/aromatic N) is 8. The van der Waals surface area contributed by atoms with E-state index in [9.17, 15) is 32.7 Å². The molecular weight excluding hydrogens is 1040 g/mol. The zero-order valence-corrected chi connectivity index (χ0v) is 44.1. The number of pyridine rings is 3. The summed E-state index contributed by atoms with van der Waals surface area (Å²) in [5, 5.41) is 11.9. The minimum absolute atomic E-state index is 0.0302. The number of hydrogen-bond donors (Lipinski definition) is 2. The Hall–Kier alpha value is -6.94. The number of likely N-dealkylation sites (tertiary alicyclic amines) is 1. The SMILES string of the molecule is C=C(COc1ccc2nc3c(c(CC)c2c1)Cn1c-3cc2c(c1=O)COC(=O)C2(O)CC)C(=O)N1CCN(c2nc(OCC3(CN4CC5CC4CO5)CC3)nc3c(F)c(-c4nc(N)cc(C)c4C(F)(F)F)c(Cl)cc23)C(C)C1. The number of fused-ring (bicyclic) bond motifs is 8. The second-order valence-electron chi connectivity index (χ2n) is 21.7. The van der Waals surface area contributed by atoms with Crippen molar-refractivity contribution in [2.45, 2.75) is 103 Å². The number of benzene rings is 2. The maximum Gasteiger partial charge on any atom is 0.418 e. The van der Waals surface area contributed by atoms with Crippen molar-refractivity contribution >= 4 is 56.9 Å². The van der Waals surface area contributed by atoms with Crippen molar-refractivity contribution in [2.75, 3.05) is 63.2 Å². The number of anilines is 2. The van der Waals surface area contributed by atoms with Crippen LogP contribution < -0.4 is 25.7 Å². The zero-order valence-electron chi connectivity index (χ0n) is 43.4. The Bertz CT molecular complexity index is 3630. The van der Waals surface area contributed by atoms with Gasteiger partial charge in [0, 0.05) is 77.7 Å². The number of morpholine rings is 1. The predicted octanol–water partition coefficient (Wildman–Crippen LogP) is 7.65. The molecule has 22 heteroatoms. The number of hydrogen-bond acceptors (Lipinski definition) is 15. The van der Waals surface area contributed by atoms with E-state index in [0.717, 1.165) is 54.9 Å². The summed E-state index contributed by atoms with van der Waals surface area (Å²) >= 11 is 6.78. The molecular formula is C56H56ClF4N9O8. The summed E-state index contributed by atoms with van der Waals surface area (Å²) in [4.78, 5) is 64.9. The van der Waals surface area contributed by atoms with Crippen LogP contribution in [0.25, 0.3) is 44.5 Å². The number of carbonyl (C=O) groups excluding carboxylic acids is 2. The fraction of sp³-hybridized carbons (Fsp3) is 0.446. The number of ether oxygens (including phenoxy) is 4. The molecule has 6 aromatic rings. The third-order valence-electron chi connectivity index (χ3n) is 16.6. The molecule has 0 spiro atoms. The summed E-state index contributed by atoms with van der Waals surface area (Å²) in [6, 6.07) is 9.22. The second kappa shape index (κ2) is 18.9. The number of carbonyl (C=O) groups is 2. The highest BCUT2D eigenvalue weighted by molar-refractivity contribution is 6.34. The van der Waals surface area contributed by atoms with Crippen molar-refractivity contribution in [3.63, 3.8) is 0 Å². The number of nitrogens with two attached hydrogens (primary N) is 1. The van der Waals surface area contributed by atoms with E-state index in [0.29, 0.717) is 41.7 Å². The van der Waals surface area contributed by atoms with Crippen molar-refractivity contribution in [2.24, 2.45) is 5.41 Å². The first-order chi connectivity index (χ1) is 37.2. The topological polar surface area (TPSA) is 201 Å². The van der Waals surface area contributed by atoms with Gasteiger partial charge in [-0.05, 0) is 93.5 Å². The van der Waals surface area contributed by atoms with Crippen LogP contribution in [-0.2, 0) is 50.4 Å². The number of aryl methyl sites for hydroxylation is 2. The Morgan fingerprint density at radius 2 is 1.81 bits per heavy atom. The number of rotatable bonds is 13. The first-order valence-electron chi connectivity index (χ1n) is 26.2. The van der Waals surface area contributed by atoms with Gasteiger partial charge in [0.05, 0.1) is 70.2 Å². The molecule has 3 saturated heterocycles. The third kappa shape index (κ3) is 8.58. The molecule has 3 N–H and O–H groups in total. The van der Waals surface area contributed by atoms with E-state index >= 15 is 4.39 Å². The molecule has 2 aromatic carbocycles. The van der Waals surface area contributed by atoms with Crippen LogP contribution >= 0.6 is 11.6 Å². The number of nitrogen functional groups attached to an aromatic ring is 1. The minimum Gasteiger partial charge on any atom is -0.489 e. The van der Waals surface area contributed by atoms with Crippen LogP contribution in [0.3, 0.4) is 0 Å². The highest BCUT2D eigenvalue weighted by atomic mass is 35.5. The Morgan fingerprint density at radius 3 is 2.50 bits per heavy atom. The molecule has 12 rings (SSSR count). The van der Waals surface area contributed by atoms with Crippen LogP contribution in [0, 0.1) is 18.2 Å². The highest BCUT2D eigenvalue weighted by Crippen LogP contribution is 2.49. The molecule has 408 valence electrons. The van der Waals surface area contributed by atoms with Crippen molar-refractivity contribution in [1.82, 2.24) is 34.3 Å². The smallest absolute Gasteiger partial charge is 0.418 e. The quantitative estimate of drug-likeness (QED) is 0.0648. The van der Waals surface area contributed by atoms with Gasteiger partial charge >= 0.3 is 18.2 Å². The molecule has 4 unspecified atom stereocenters. The lowest BCUT2D eigenvalue weighted by Crippen LogP contribution is -2.54. The van der Waals surface area contributed by atoms with E-state index in [1.54, 1.807) is 34.6 Å². The summed E-state index contributed by atoms with van der Waals surface area (Å²) in [6.07, 6.45) is -1.30.